The highest BCUT2D eigenvalue weighted by atomic mass is 16.5. The van der Waals surface area contributed by atoms with Gasteiger partial charge in [-0.2, -0.15) is 0 Å². The average molecular weight is 266 g/mol. The van der Waals surface area contributed by atoms with Crippen LogP contribution in [0.1, 0.15) is 51.8 Å². The fourth-order valence-electron chi connectivity index (χ4n) is 2.12. The van der Waals surface area contributed by atoms with Gasteiger partial charge >= 0.3 is 0 Å². The van der Waals surface area contributed by atoms with E-state index in [4.69, 9.17) is 4.74 Å². The normalized spacial score (nSPS) is 16.2. The molecule has 1 N–H and O–H groups in total. The number of nitrogens with zero attached hydrogens (tertiary/aromatic N) is 3. The van der Waals surface area contributed by atoms with E-state index in [-0.39, 0.29) is 24.2 Å². The van der Waals surface area contributed by atoms with Crippen molar-refractivity contribution >= 4 is 5.91 Å². The highest BCUT2D eigenvalue weighted by Crippen LogP contribution is 2.18. The average Bonchev–Trinajstić information content (AvgIpc) is 2.86. The first-order valence-corrected chi connectivity index (χ1v) is 6.72. The third-order valence-corrected chi connectivity index (χ3v) is 3.04. The van der Waals surface area contributed by atoms with E-state index in [9.17, 15) is 4.79 Å². The molecule has 0 saturated heterocycles. The van der Waals surface area contributed by atoms with E-state index < -0.39 is 0 Å². The number of rotatable bonds is 4. The molecule has 1 aromatic rings. The maximum atomic E-state index is 11.8. The van der Waals surface area contributed by atoms with Crippen LogP contribution in [-0.2, 0) is 22.5 Å². The fraction of sp³-hybridized carbons (Fsp3) is 0.769. The van der Waals surface area contributed by atoms with Gasteiger partial charge < -0.3 is 14.6 Å². The van der Waals surface area contributed by atoms with Gasteiger partial charge in [0.25, 0.3) is 0 Å². The fourth-order valence-corrected chi connectivity index (χ4v) is 2.12. The molecule has 0 spiro atoms. The number of hydrogen-bond acceptors (Lipinski definition) is 4. The molecule has 1 aliphatic heterocycles. The summed E-state index contributed by atoms with van der Waals surface area (Å²) in [5.41, 5.74) is -0.309. The Morgan fingerprint density at radius 1 is 1.47 bits per heavy atom. The summed E-state index contributed by atoms with van der Waals surface area (Å²) in [6, 6.07) is -0.143. The number of carbonyl (C=O) groups excluding carboxylic acids is 1. The standard InChI is InChI=1S/C13H22N4O2/c1-9(14-11(18)8-19-13(2,3)4)12-16-15-10-6-5-7-17(10)12/h9H,5-8H2,1-4H3,(H,14,18). The SMILES string of the molecule is CC(NC(=O)COC(C)(C)C)c1nnc2n1CCC2. The zero-order valence-electron chi connectivity index (χ0n) is 12.1. The lowest BCUT2D eigenvalue weighted by atomic mass is 10.2. The van der Waals surface area contributed by atoms with Gasteiger partial charge in [0.05, 0.1) is 11.6 Å². The third-order valence-electron chi connectivity index (χ3n) is 3.04. The summed E-state index contributed by atoms with van der Waals surface area (Å²) >= 11 is 0. The Morgan fingerprint density at radius 3 is 2.89 bits per heavy atom. The highest BCUT2D eigenvalue weighted by molar-refractivity contribution is 5.77. The zero-order valence-corrected chi connectivity index (χ0v) is 12.1. The summed E-state index contributed by atoms with van der Waals surface area (Å²) < 4.78 is 7.54. The molecular weight excluding hydrogens is 244 g/mol. The van der Waals surface area contributed by atoms with E-state index in [1.807, 2.05) is 27.7 Å². The van der Waals surface area contributed by atoms with Gasteiger partial charge in [-0.05, 0) is 34.1 Å². The Hall–Kier alpha value is -1.43. The molecule has 6 heteroatoms. The van der Waals surface area contributed by atoms with Gasteiger partial charge in [-0.1, -0.05) is 0 Å². The molecule has 1 amide bonds. The van der Waals surface area contributed by atoms with Crippen molar-refractivity contribution in [2.75, 3.05) is 6.61 Å². The van der Waals surface area contributed by atoms with Crippen LogP contribution in [0.25, 0.3) is 0 Å². The molecule has 0 saturated carbocycles. The summed E-state index contributed by atoms with van der Waals surface area (Å²) in [5.74, 6) is 1.72. The first-order valence-electron chi connectivity index (χ1n) is 6.72. The maximum Gasteiger partial charge on any atom is 0.246 e. The molecule has 2 rings (SSSR count). The largest absolute Gasteiger partial charge is 0.366 e. The first kappa shape index (κ1) is 14.0. The molecule has 0 fully saturated rings. The van der Waals surface area contributed by atoms with Crippen LogP contribution >= 0.6 is 0 Å². The first-order chi connectivity index (χ1) is 8.87. The second-order valence-electron chi connectivity index (χ2n) is 5.92. The van der Waals surface area contributed by atoms with Crippen molar-refractivity contribution in [2.24, 2.45) is 0 Å². The number of aromatic nitrogens is 3. The molecule has 1 aliphatic rings. The molecule has 0 aliphatic carbocycles. The number of aryl methyl sites for hydroxylation is 1. The molecule has 1 atom stereocenters. The molecule has 6 nitrogen and oxygen atoms in total. The summed E-state index contributed by atoms with van der Waals surface area (Å²) in [6.07, 6.45) is 2.08. The Kier molecular flexibility index (Phi) is 3.89. The Bertz CT molecular complexity index is 462. The summed E-state index contributed by atoms with van der Waals surface area (Å²) in [4.78, 5) is 11.8. The molecule has 19 heavy (non-hydrogen) atoms. The second kappa shape index (κ2) is 5.28. The topological polar surface area (TPSA) is 69.0 Å². The quantitative estimate of drug-likeness (QED) is 0.889. The van der Waals surface area contributed by atoms with Crippen LogP contribution in [0.5, 0.6) is 0 Å². The van der Waals surface area contributed by atoms with Gasteiger partial charge in [0, 0.05) is 13.0 Å². The highest BCUT2D eigenvalue weighted by Gasteiger charge is 2.22. The molecule has 106 valence electrons. The van der Waals surface area contributed by atoms with Crippen LogP contribution in [-0.4, -0.2) is 32.9 Å². The number of carbonyl (C=O) groups is 1. The van der Waals surface area contributed by atoms with Crippen molar-refractivity contribution in [2.45, 2.75) is 58.7 Å². The minimum atomic E-state index is -0.309. The molecule has 1 aromatic heterocycles. The van der Waals surface area contributed by atoms with Crippen molar-refractivity contribution in [1.82, 2.24) is 20.1 Å². The summed E-state index contributed by atoms with van der Waals surface area (Å²) in [5, 5.41) is 11.2. The van der Waals surface area contributed by atoms with E-state index in [0.29, 0.717) is 0 Å². The summed E-state index contributed by atoms with van der Waals surface area (Å²) in [6.45, 7) is 8.70. The number of amides is 1. The third kappa shape index (κ3) is 3.53. The predicted octanol–water partition coefficient (Wildman–Crippen LogP) is 1.22. The van der Waals surface area contributed by atoms with Gasteiger partial charge in [-0.15, -0.1) is 10.2 Å². The Morgan fingerprint density at radius 2 is 2.21 bits per heavy atom. The zero-order chi connectivity index (χ0) is 14.0. The van der Waals surface area contributed by atoms with Crippen molar-refractivity contribution in [3.63, 3.8) is 0 Å². The van der Waals surface area contributed by atoms with Gasteiger partial charge in [-0.25, -0.2) is 0 Å². The van der Waals surface area contributed by atoms with Crippen LogP contribution < -0.4 is 5.32 Å². The monoisotopic (exact) mass is 266 g/mol. The van der Waals surface area contributed by atoms with Crippen LogP contribution in [0, 0.1) is 0 Å². The molecule has 2 heterocycles. The summed E-state index contributed by atoms with van der Waals surface area (Å²) in [7, 11) is 0. The lowest BCUT2D eigenvalue weighted by Gasteiger charge is -2.20. The van der Waals surface area contributed by atoms with Crippen LogP contribution in [0.15, 0.2) is 0 Å². The van der Waals surface area contributed by atoms with Gasteiger partial charge in [-0.3, -0.25) is 4.79 Å². The van der Waals surface area contributed by atoms with Crippen molar-refractivity contribution in [3.8, 4) is 0 Å². The van der Waals surface area contributed by atoms with Gasteiger partial charge in [0.15, 0.2) is 5.82 Å². The lowest BCUT2D eigenvalue weighted by molar-refractivity contribution is -0.131. The van der Waals surface area contributed by atoms with E-state index in [1.165, 1.54) is 0 Å². The minimum Gasteiger partial charge on any atom is -0.366 e. The predicted molar refractivity (Wildman–Crippen MR) is 70.6 cm³/mol. The Balaban J connectivity index is 1.90. The molecule has 0 aromatic carbocycles. The number of fused-ring (bicyclic) bond motifs is 1. The number of hydrogen-bond donors (Lipinski definition) is 1. The molecular formula is C13H22N4O2. The van der Waals surface area contributed by atoms with E-state index in [0.717, 1.165) is 31.0 Å². The van der Waals surface area contributed by atoms with Gasteiger partial charge in [0.2, 0.25) is 5.91 Å². The molecule has 0 radical (unpaired) electrons. The smallest absolute Gasteiger partial charge is 0.246 e. The number of ether oxygens (including phenoxy) is 1. The lowest BCUT2D eigenvalue weighted by Crippen LogP contribution is -2.34. The van der Waals surface area contributed by atoms with E-state index >= 15 is 0 Å². The van der Waals surface area contributed by atoms with E-state index in [2.05, 4.69) is 20.1 Å². The number of nitrogens with one attached hydrogen (secondary N) is 1. The van der Waals surface area contributed by atoms with Crippen molar-refractivity contribution in [3.05, 3.63) is 11.6 Å². The van der Waals surface area contributed by atoms with Crippen LogP contribution in [0.4, 0.5) is 0 Å². The molecule has 0 bridgehead atoms. The Labute approximate surface area is 113 Å². The van der Waals surface area contributed by atoms with Crippen molar-refractivity contribution < 1.29 is 9.53 Å². The maximum absolute atomic E-state index is 11.8. The minimum absolute atomic E-state index is 0.0643. The van der Waals surface area contributed by atoms with Crippen molar-refractivity contribution in [1.29, 1.82) is 0 Å². The second-order valence-corrected chi connectivity index (χ2v) is 5.92. The van der Waals surface area contributed by atoms with E-state index in [1.54, 1.807) is 0 Å². The van der Waals surface area contributed by atoms with Gasteiger partial charge in [0.1, 0.15) is 12.4 Å². The van der Waals surface area contributed by atoms with Crippen LogP contribution in [0.2, 0.25) is 0 Å². The van der Waals surface area contributed by atoms with Crippen LogP contribution in [0.3, 0.4) is 0 Å². The molecule has 1 unspecified atom stereocenters.